The Hall–Kier alpha value is -1.99. The average Bonchev–Trinajstić information content (AvgIpc) is 3.16. The van der Waals surface area contributed by atoms with Crippen LogP contribution in [0.1, 0.15) is 46.6 Å². The molecule has 4 heterocycles. The van der Waals surface area contributed by atoms with E-state index >= 15 is 0 Å². The third-order valence-corrected chi connectivity index (χ3v) is 6.32. The number of carbonyl (C=O) groups excluding carboxylic acids is 1. The van der Waals surface area contributed by atoms with Crippen LogP contribution in [0.15, 0.2) is 23.8 Å². The Balaban J connectivity index is 1.64. The first-order valence-corrected chi connectivity index (χ1v) is 9.36. The van der Waals surface area contributed by atoms with Gasteiger partial charge < -0.3 is 14.7 Å². The van der Waals surface area contributed by atoms with Gasteiger partial charge >= 0.3 is 0 Å². The molecule has 2 atom stereocenters. The number of aryl methyl sites for hydroxylation is 1. The summed E-state index contributed by atoms with van der Waals surface area (Å²) in [7, 11) is 1.56. The van der Waals surface area contributed by atoms with Crippen LogP contribution in [-0.2, 0) is 5.60 Å². The van der Waals surface area contributed by atoms with Crippen molar-refractivity contribution < 1.29 is 14.6 Å². The van der Waals surface area contributed by atoms with Gasteiger partial charge in [-0.15, -0.1) is 11.3 Å². The summed E-state index contributed by atoms with van der Waals surface area (Å²) in [5.74, 6) is 0.509. The predicted octanol–water partition coefficient (Wildman–Crippen LogP) is 2.51. The topological polar surface area (TPSA) is 75.6 Å². The molecule has 2 bridgehead atoms. The highest BCUT2D eigenvalue weighted by molar-refractivity contribution is 7.11. The maximum absolute atomic E-state index is 13.0. The minimum atomic E-state index is -1.01. The van der Waals surface area contributed by atoms with Gasteiger partial charge in [-0.1, -0.05) is 0 Å². The number of pyridine rings is 1. The predicted molar refractivity (Wildman–Crippen MR) is 93.8 cm³/mol. The van der Waals surface area contributed by atoms with Gasteiger partial charge in [-0.05, 0) is 31.9 Å². The van der Waals surface area contributed by atoms with E-state index < -0.39 is 5.60 Å². The summed E-state index contributed by atoms with van der Waals surface area (Å²) < 4.78 is 5.35. The standard InChI is InChI=1S/C18H21N3O3S/c1-11-15(25-10-20-11)17(22)21-12-5-6-13(21)9-18(23,8-12)14-4-3-7-19-16(14)24-2/h3-4,7,10,12-13,23H,5-6,8-9H2,1-2H3/t12-,13-/m1/s1. The molecule has 2 aliphatic heterocycles. The van der Waals surface area contributed by atoms with Crippen molar-refractivity contribution in [2.24, 2.45) is 0 Å². The second-order valence-corrected chi connectivity index (χ2v) is 7.72. The van der Waals surface area contributed by atoms with E-state index in [-0.39, 0.29) is 18.0 Å². The monoisotopic (exact) mass is 359 g/mol. The van der Waals surface area contributed by atoms with Crippen molar-refractivity contribution in [3.05, 3.63) is 40.0 Å². The summed E-state index contributed by atoms with van der Waals surface area (Å²) in [6, 6.07) is 3.75. The highest BCUT2D eigenvalue weighted by Gasteiger charge is 2.51. The summed E-state index contributed by atoms with van der Waals surface area (Å²) >= 11 is 1.39. The minimum Gasteiger partial charge on any atom is -0.481 e. The summed E-state index contributed by atoms with van der Waals surface area (Å²) in [6.07, 6.45) is 4.51. The van der Waals surface area contributed by atoms with E-state index in [2.05, 4.69) is 9.97 Å². The van der Waals surface area contributed by atoms with E-state index in [0.717, 1.165) is 24.1 Å². The van der Waals surface area contributed by atoms with Crippen molar-refractivity contribution in [3.63, 3.8) is 0 Å². The van der Waals surface area contributed by atoms with Gasteiger partial charge in [0, 0.05) is 36.7 Å². The van der Waals surface area contributed by atoms with Gasteiger partial charge in [-0.25, -0.2) is 9.97 Å². The Bertz CT molecular complexity index is 792. The average molecular weight is 359 g/mol. The molecular weight excluding hydrogens is 338 g/mol. The van der Waals surface area contributed by atoms with Crippen molar-refractivity contribution in [3.8, 4) is 5.88 Å². The van der Waals surface area contributed by atoms with Crippen molar-refractivity contribution in [2.45, 2.75) is 50.3 Å². The lowest BCUT2D eigenvalue weighted by atomic mass is 9.80. The van der Waals surface area contributed by atoms with E-state index in [1.807, 2.05) is 24.0 Å². The number of ether oxygens (including phenoxy) is 1. The molecule has 0 radical (unpaired) electrons. The van der Waals surface area contributed by atoms with Gasteiger partial charge in [-0.3, -0.25) is 4.79 Å². The largest absolute Gasteiger partial charge is 0.481 e. The van der Waals surface area contributed by atoms with E-state index in [9.17, 15) is 9.90 Å². The Kier molecular flexibility index (Phi) is 4.00. The number of nitrogens with zero attached hydrogens (tertiary/aromatic N) is 3. The van der Waals surface area contributed by atoms with Crippen LogP contribution in [0.25, 0.3) is 0 Å². The van der Waals surface area contributed by atoms with E-state index in [1.165, 1.54) is 11.3 Å². The molecule has 0 unspecified atom stereocenters. The zero-order chi connectivity index (χ0) is 17.6. The number of amides is 1. The van der Waals surface area contributed by atoms with Gasteiger partial charge in [0.25, 0.3) is 5.91 Å². The number of carbonyl (C=O) groups is 1. The number of aliphatic hydroxyl groups is 1. The third-order valence-electron chi connectivity index (χ3n) is 5.41. The maximum atomic E-state index is 13.0. The molecule has 7 heteroatoms. The third kappa shape index (κ3) is 2.62. The molecule has 132 valence electrons. The van der Waals surface area contributed by atoms with Gasteiger partial charge in [0.2, 0.25) is 5.88 Å². The van der Waals surface area contributed by atoms with Crippen molar-refractivity contribution in [2.75, 3.05) is 7.11 Å². The van der Waals surface area contributed by atoms with E-state index in [0.29, 0.717) is 23.6 Å². The molecule has 0 aliphatic carbocycles. The molecule has 25 heavy (non-hydrogen) atoms. The fourth-order valence-corrected chi connectivity index (χ4v) is 5.05. The van der Waals surface area contributed by atoms with Crippen LogP contribution in [0.3, 0.4) is 0 Å². The zero-order valence-corrected chi connectivity index (χ0v) is 15.1. The van der Waals surface area contributed by atoms with Gasteiger partial charge in [-0.2, -0.15) is 0 Å². The summed E-state index contributed by atoms with van der Waals surface area (Å²) in [5.41, 5.74) is 2.20. The summed E-state index contributed by atoms with van der Waals surface area (Å²) in [5, 5.41) is 11.4. The van der Waals surface area contributed by atoms with E-state index in [1.54, 1.807) is 18.8 Å². The second kappa shape index (κ2) is 6.07. The minimum absolute atomic E-state index is 0.0302. The molecule has 2 aliphatic rings. The van der Waals surface area contributed by atoms with Crippen LogP contribution in [-0.4, -0.2) is 45.1 Å². The first kappa shape index (κ1) is 16.5. The number of thiazole rings is 1. The summed E-state index contributed by atoms with van der Waals surface area (Å²) in [4.78, 5) is 24.1. The van der Waals surface area contributed by atoms with Gasteiger partial charge in [0.05, 0.1) is 23.9 Å². The molecule has 2 aromatic heterocycles. The molecule has 0 saturated carbocycles. The molecule has 0 spiro atoms. The first-order chi connectivity index (χ1) is 12.0. The van der Waals surface area contributed by atoms with Crippen LogP contribution < -0.4 is 4.74 Å². The Labute approximate surface area is 150 Å². The van der Waals surface area contributed by atoms with Gasteiger partial charge in [0.1, 0.15) is 4.88 Å². The highest BCUT2D eigenvalue weighted by Crippen LogP contribution is 2.48. The maximum Gasteiger partial charge on any atom is 0.266 e. The van der Waals surface area contributed by atoms with Crippen molar-refractivity contribution in [1.82, 2.24) is 14.9 Å². The molecule has 4 rings (SSSR count). The molecule has 2 fully saturated rings. The van der Waals surface area contributed by atoms with Crippen LogP contribution >= 0.6 is 11.3 Å². The molecular formula is C18H21N3O3S. The first-order valence-electron chi connectivity index (χ1n) is 8.48. The van der Waals surface area contributed by atoms with Gasteiger partial charge in [0.15, 0.2) is 0 Å². The lowest BCUT2D eigenvalue weighted by Gasteiger charge is -2.44. The normalized spacial score (nSPS) is 28.2. The second-order valence-electron chi connectivity index (χ2n) is 6.86. The number of rotatable bonds is 3. The molecule has 1 N–H and O–H groups in total. The number of hydrogen-bond acceptors (Lipinski definition) is 6. The fraction of sp³-hybridized carbons (Fsp3) is 0.500. The van der Waals surface area contributed by atoms with E-state index in [4.69, 9.17) is 4.74 Å². The number of aromatic nitrogens is 2. The van der Waals surface area contributed by atoms with Crippen LogP contribution in [0.2, 0.25) is 0 Å². The Morgan fingerprint density at radius 2 is 2.08 bits per heavy atom. The number of hydrogen-bond donors (Lipinski definition) is 1. The SMILES string of the molecule is COc1ncccc1C1(O)C[C@H]2CC[C@H](C1)N2C(=O)c1scnc1C. The van der Waals surface area contributed by atoms with Crippen LogP contribution in [0.5, 0.6) is 5.88 Å². The smallest absolute Gasteiger partial charge is 0.266 e. The fourth-order valence-electron chi connectivity index (χ4n) is 4.31. The molecule has 2 saturated heterocycles. The molecule has 1 amide bonds. The quantitative estimate of drug-likeness (QED) is 0.911. The summed E-state index contributed by atoms with van der Waals surface area (Å²) in [6.45, 7) is 1.87. The number of methoxy groups -OCH3 is 1. The lowest BCUT2D eigenvalue weighted by Crippen LogP contribution is -2.52. The van der Waals surface area contributed by atoms with Crippen LogP contribution in [0, 0.1) is 6.92 Å². The number of fused-ring (bicyclic) bond motifs is 2. The number of piperidine rings is 1. The molecule has 0 aromatic carbocycles. The van der Waals surface area contributed by atoms with Crippen molar-refractivity contribution >= 4 is 17.2 Å². The Morgan fingerprint density at radius 3 is 2.68 bits per heavy atom. The molecule has 2 aromatic rings. The molecule has 6 nitrogen and oxygen atoms in total. The highest BCUT2D eigenvalue weighted by atomic mass is 32.1. The van der Waals surface area contributed by atoms with Crippen LogP contribution in [0.4, 0.5) is 0 Å². The lowest BCUT2D eigenvalue weighted by molar-refractivity contribution is -0.0493. The van der Waals surface area contributed by atoms with Crippen molar-refractivity contribution in [1.29, 1.82) is 0 Å². The zero-order valence-electron chi connectivity index (χ0n) is 14.3. The Morgan fingerprint density at radius 1 is 1.36 bits per heavy atom.